The van der Waals surface area contributed by atoms with Gasteiger partial charge in [-0.05, 0) is 49.4 Å². The van der Waals surface area contributed by atoms with Gasteiger partial charge in [0.15, 0.2) is 0 Å². The van der Waals surface area contributed by atoms with E-state index < -0.39 is 0 Å². The van der Waals surface area contributed by atoms with E-state index >= 15 is 0 Å². The van der Waals surface area contributed by atoms with Crippen molar-refractivity contribution in [1.29, 1.82) is 0 Å². The van der Waals surface area contributed by atoms with Crippen molar-refractivity contribution in [2.24, 2.45) is 5.92 Å². The quantitative estimate of drug-likeness (QED) is 0.876. The Kier molecular flexibility index (Phi) is 3.90. The molecule has 1 atom stereocenters. The molecule has 1 unspecified atom stereocenters. The number of nitrogens with zero attached hydrogens (tertiary/aromatic N) is 1. The second kappa shape index (κ2) is 5.64. The molecule has 0 bridgehead atoms. The first-order valence-electron chi connectivity index (χ1n) is 7.78. The molecule has 19 heavy (non-hydrogen) atoms. The zero-order valence-corrected chi connectivity index (χ0v) is 12.2. The Balaban J connectivity index is 1.69. The molecule has 1 N–H and O–H groups in total. The van der Waals surface area contributed by atoms with E-state index in [1.165, 1.54) is 38.9 Å². The van der Waals surface area contributed by atoms with Gasteiger partial charge in [0.1, 0.15) is 0 Å². The smallest absolute Gasteiger partial charge is 0.0218 e. The van der Waals surface area contributed by atoms with Gasteiger partial charge in [0.2, 0.25) is 0 Å². The second-order valence-electron chi connectivity index (χ2n) is 6.48. The molecule has 1 aliphatic carbocycles. The average molecular weight is 258 g/mol. The molecule has 1 heterocycles. The molecule has 2 nitrogen and oxygen atoms in total. The number of benzene rings is 1. The van der Waals surface area contributed by atoms with Crippen molar-refractivity contribution in [3.63, 3.8) is 0 Å². The van der Waals surface area contributed by atoms with Crippen LogP contribution in [-0.2, 0) is 12.8 Å². The van der Waals surface area contributed by atoms with Crippen LogP contribution in [-0.4, -0.2) is 36.6 Å². The third-order valence-corrected chi connectivity index (χ3v) is 4.81. The summed E-state index contributed by atoms with van der Waals surface area (Å²) in [6.45, 7) is 8.33. The summed E-state index contributed by atoms with van der Waals surface area (Å²) in [6.07, 6.45) is 3.79. The number of fused-ring (bicyclic) bond motifs is 1. The Morgan fingerprint density at radius 1 is 1.16 bits per heavy atom. The molecule has 3 rings (SSSR count). The number of hydrogen-bond donors (Lipinski definition) is 1. The van der Waals surface area contributed by atoms with E-state index in [2.05, 4.69) is 48.3 Å². The van der Waals surface area contributed by atoms with Crippen LogP contribution in [0.2, 0.25) is 0 Å². The fourth-order valence-electron chi connectivity index (χ4n) is 3.55. The van der Waals surface area contributed by atoms with Crippen LogP contribution in [0.3, 0.4) is 0 Å². The van der Waals surface area contributed by atoms with E-state index in [9.17, 15) is 0 Å². The van der Waals surface area contributed by atoms with Crippen molar-refractivity contribution in [3.05, 3.63) is 35.4 Å². The molecule has 0 spiro atoms. The minimum atomic E-state index is 0.659. The Labute approximate surface area is 117 Å². The lowest BCUT2D eigenvalue weighted by Crippen LogP contribution is -2.45. The van der Waals surface area contributed by atoms with Gasteiger partial charge in [0.05, 0.1) is 0 Å². The monoisotopic (exact) mass is 258 g/mol. The molecule has 1 saturated heterocycles. The van der Waals surface area contributed by atoms with Crippen LogP contribution in [0.4, 0.5) is 0 Å². The number of rotatable bonds is 2. The average Bonchev–Trinajstić information content (AvgIpc) is 2.67. The molecule has 2 heteroatoms. The van der Waals surface area contributed by atoms with Gasteiger partial charge in [-0.2, -0.15) is 0 Å². The van der Waals surface area contributed by atoms with E-state index in [-0.39, 0.29) is 0 Å². The minimum Gasteiger partial charge on any atom is -0.312 e. The van der Waals surface area contributed by atoms with Gasteiger partial charge in [-0.1, -0.05) is 38.1 Å². The summed E-state index contributed by atoms with van der Waals surface area (Å²) in [6, 6.07) is 10.4. The first-order chi connectivity index (χ1) is 9.24. The molecule has 104 valence electrons. The van der Waals surface area contributed by atoms with E-state index in [0.29, 0.717) is 6.04 Å². The molecule has 0 saturated carbocycles. The third-order valence-electron chi connectivity index (χ3n) is 4.81. The highest BCUT2D eigenvalue weighted by atomic mass is 15.2. The Morgan fingerprint density at radius 3 is 2.47 bits per heavy atom. The fourth-order valence-corrected chi connectivity index (χ4v) is 3.55. The summed E-state index contributed by atoms with van der Waals surface area (Å²) in [7, 11) is 0. The van der Waals surface area contributed by atoms with Crippen molar-refractivity contribution in [1.82, 2.24) is 10.2 Å². The topological polar surface area (TPSA) is 15.3 Å². The highest BCUT2D eigenvalue weighted by Crippen LogP contribution is 2.26. The van der Waals surface area contributed by atoms with Crippen LogP contribution in [0.1, 0.15) is 31.4 Å². The SMILES string of the molecule is CC(C)C1CN(C2Cc3ccccc3C2)CCCN1. The van der Waals surface area contributed by atoms with Crippen LogP contribution in [0, 0.1) is 5.92 Å². The first-order valence-corrected chi connectivity index (χ1v) is 7.78. The molecule has 1 aliphatic heterocycles. The largest absolute Gasteiger partial charge is 0.312 e. The van der Waals surface area contributed by atoms with Crippen molar-refractivity contribution in [2.45, 2.75) is 45.2 Å². The molecule has 1 aromatic carbocycles. The standard InChI is InChI=1S/C17H26N2/c1-13(2)17-12-19(9-5-8-18-17)16-10-14-6-3-4-7-15(14)11-16/h3-4,6-7,13,16-18H,5,8-12H2,1-2H3. The second-order valence-corrected chi connectivity index (χ2v) is 6.48. The number of hydrogen-bond acceptors (Lipinski definition) is 2. The van der Waals surface area contributed by atoms with Crippen molar-refractivity contribution in [3.8, 4) is 0 Å². The van der Waals surface area contributed by atoms with Crippen molar-refractivity contribution >= 4 is 0 Å². The van der Waals surface area contributed by atoms with Gasteiger partial charge in [-0.3, -0.25) is 4.90 Å². The predicted octanol–water partition coefficient (Wildman–Crippen LogP) is 2.47. The maximum Gasteiger partial charge on any atom is 0.0218 e. The van der Waals surface area contributed by atoms with Crippen LogP contribution in [0.5, 0.6) is 0 Å². The molecule has 0 aromatic heterocycles. The normalized spacial score (nSPS) is 25.5. The molecule has 1 fully saturated rings. The molecule has 2 aliphatic rings. The molecular weight excluding hydrogens is 232 g/mol. The minimum absolute atomic E-state index is 0.659. The van der Waals surface area contributed by atoms with Crippen LogP contribution in [0.25, 0.3) is 0 Å². The summed E-state index contributed by atoms with van der Waals surface area (Å²) < 4.78 is 0. The van der Waals surface area contributed by atoms with E-state index in [1.54, 1.807) is 11.1 Å². The van der Waals surface area contributed by atoms with Gasteiger partial charge in [-0.15, -0.1) is 0 Å². The zero-order valence-electron chi connectivity index (χ0n) is 12.2. The zero-order chi connectivity index (χ0) is 13.2. The Morgan fingerprint density at radius 2 is 1.84 bits per heavy atom. The Hall–Kier alpha value is -0.860. The summed E-state index contributed by atoms with van der Waals surface area (Å²) in [5.41, 5.74) is 3.15. The van der Waals surface area contributed by atoms with Crippen LogP contribution in [0.15, 0.2) is 24.3 Å². The van der Waals surface area contributed by atoms with Gasteiger partial charge < -0.3 is 5.32 Å². The molecule has 1 aromatic rings. The highest BCUT2D eigenvalue weighted by Gasteiger charge is 2.29. The predicted molar refractivity (Wildman–Crippen MR) is 80.5 cm³/mol. The van der Waals surface area contributed by atoms with Gasteiger partial charge in [0.25, 0.3) is 0 Å². The maximum atomic E-state index is 3.71. The third kappa shape index (κ3) is 2.85. The lowest BCUT2D eigenvalue weighted by molar-refractivity contribution is 0.185. The summed E-state index contributed by atoms with van der Waals surface area (Å²) in [5.74, 6) is 0.726. The van der Waals surface area contributed by atoms with Gasteiger partial charge >= 0.3 is 0 Å². The lowest BCUT2D eigenvalue weighted by atomic mass is 10.0. The lowest BCUT2D eigenvalue weighted by Gasteiger charge is -2.31. The maximum absolute atomic E-state index is 3.71. The molecular formula is C17H26N2. The Bertz CT molecular complexity index is 402. The van der Waals surface area contributed by atoms with E-state index in [0.717, 1.165) is 12.0 Å². The van der Waals surface area contributed by atoms with Gasteiger partial charge in [0, 0.05) is 18.6 Å². The summed E-state index contributed by atoms with van der Waals surface area (Å²) >= 11 is 0. The van der Waals surface area contributed by atoms with E-state index in [1.807, 2.05) is 0 Å². The fraction of sp³-hybridized carbons (Fsp3) is 0.647. The van der Waals surface area contributed by atoms with E-state index in [4.69, 9.17) is 0 Å². The van der Waals surface area contributed by atoms with Gasteiger partial charge in [-0.25, -0.2) is 0 Å². The summed E-state index contributed by atoms with van der Waals surface area (Å²) in [5, 5.41) is 3.71. The highest BCUT2D eigenvalue weighted by molar-refractivity contribution is 5.33. The molecule has 0 radical (unpaired) electrons. The van der Waals surface area contributed by atoms with Crippen molar-refractivity contribution in [2.75, 3.05) is 19.6 Å². The first kappa shape index (κ1) is 13.1. The van der Waals surface area contributed by atoms with Crippen molar-refractivity contribution < 1.29 is 0 Å². The van der Waals surface area contributed by atoms with Crippen LogP contribution >= 0.6 is 0 Å². The number of nitrogens with one attached hydrogen (secondary N) is 1. The molecule has 0 amide bonds. The van der Waals surface area contributed by atoms with Crippen LogP contribution < -0.4 is 5.32 Å². The summed E-state index contributed by atoms with van der Waals surface area (Å²) in [4.78, 5) is 2.74.